The quantitative estimate of drug-likeness (QED) is 0.771. The van der Waals surface area contributed by atoms with Gasteiger partial charge in [0, 0.05) is 18.0 Å². The molecule has 0 aliphatic carbocycles. The number of nitrogens with zero attached hydrogens (tertiary/aromatic N) is 1. The molecule has 16 heavy (non-hydrogen) atoms. The van der Waals surface area contributed by atoms with E-state index in [-0.39, 0.29) is 6.10 Å². The summed E-state index contributed by atoms with van der Waals surface area (Å²) in [6.45, 7) is 7.76. The second kappa shape index (κ2) is 6.99. The van der Waals surface area contributed by atoms with Gasteiger partial charge in [0.25, 0.3) is 0 Å². The minimum atomic E-state index is -0.233. The Balaban J connectivity index is 2.27. The van der Waals surface area contributed by atoms with E-state index in [2.05, 4.69) is 24.1 Å². The summed E-state index contributed by atoms with van der Waals surface area (Å²) >= 11 is 1.67. The van der Waals surface area contributed by atoms with E-state index in [0.29, 0.717) is 12.5 Å². The number of aliphatic hydroxyl groups is 1. The van der Waals surface area contributed by atoms with Crippen molar-refractivity contribution in [3.8, 4) is 0 Å². The molecule has 0 saturated heterocycles. The van der Waals surface area contributed by atoms with Crippen LogP contribution in [-0.4, -0.2) is 22.7 Å². The van der Waals surface area contributed by atoms with Crippen LogP contribution in [0.5, 0.6) is 0 Å². The number of hydrogen-bond acceptors (Lipinski definition) is 4. The Morgan fingerprint density at radius 1 is 1.44 bits per heavy atom. The standard InChI is InChI=1S/C12H22N2OS/c1-4-10(5-2)11(15)6-13-7-12-9(3)14-8-16-12/h8,10-11,13,15H,4-7H2,1-3H3. The lowest BCUT2D eigenvalue weighted by Gasteiger charge is -2.20. The maximum Gasteiger partial charge on any atom is 0.0798 e. The fraction of sp³-hybridized carbons (Fsp3) is 0.750. The molecule has 0 aromatic carbocycles. The highest BCUT2D eigenvalue weighted by Gasteiger charge is 2.14. The van der Waals surface area contributed by atoms with Crippen molar-refractivity contribution in [3.05, 3.63) is 16.1 Å². The van der Waals surface area contributed by atoms with Crippen molar-refractivity contribution in [1.82, 2.24) is 10.3 Å². The number of rotatable bonds is 7. The zero-order valence-corrected chi connectivity index (χ0v) is 11.2. The molecule has 1 rings (SSSR count). The minimum absolute atomic E-state index is 0.233. The maximum atomic E-state index is 9.93. The van der Waals surface area contributed by atoms with Crippen LogP contribution in [0.25, 0.3) is 0 Å². The molecular formula is C12H22N2OS. The van der Waals surface area contributed by atoms with Gasteiger partial charge in [0.05, 0.1) is 17.3 Å². The highest BCUT2D eigenvalue weighted by atomic mass is 32.1. The highest BCUT2D eigenvalue weighted by Crippen LogP contribution is 2.14. The molecule has 0 spiro atoms. The maximum absolute atomic E-state index is 9.93. The van der Waals surface area contributed by atoms with Crippen molar-refractivity contribution >= 4 is 11.3 Å². The minimum Gasteiger partial charge on any atom is -0.392 e. The Labute approximate surface area is 102 Å². The molecule has 0 fully saturated rings. The van der Waals surface area contributed by atoms with Gasteiger partial charge in [-0.1, -0.05) is 26.7 Å². The smallest absolute Gasteiger partial charge is 0.0798 e. The summed E-state index contributed by atoms with van der Waals surface area (Å²) < 4.78 is 0. The average Bonchev–Trinajstić information content (AvgIpc) is 2.66. The zero-order chi connectivity index (χ0) is 12.0. The van der Waals surface area contributed by atoms with Crippen molar-refractivity contribution in [1.29, 1.82) is 0 Å². The second-order valence-corrected chi connectivity index (χ2v) is 5.08. The van der Waals surface area contributed by atoms with Crippen LogP contribution in [0, 0.1) is 12.8 Å². The molecule has 1 unspecified atom stereocenters. The molecule has 2 N–H and O–H groups in total. The number of aryl methyl sites for hydroxylation is 1. The molecule has 1 aromatic rings. The molecular weight excluding hydrogens is 220 g/mol. The molecule has 0 bridgehead atoms. The van der Waals surface area contributed by atoms with Crippen molar-refractivity contribution in [2.24, 2.45) is 5.92 Å². The molecule has 0 aliphatic heterocycles. The predicted octanol–water partition coefficient (Wildman–Crippen LogP) is 2.34. The molecule has 4 heteroatoms. The predicted molar refractivity (Wildman–Crippen MR) is 68.6 cm³/mol. The summed E-state index contributed by atoms with van der Waals surface area (Å²) in [5.41, 5.74) is 2.96. The second-order valence-electron chi connectivity index (χ2n) is 4.14. The van der Waals surface area contributed by atoms with Crippen LogP contribution < -0.4 is 5.32 Å². The fourth-order valence-electron chi connectivity index (χ4n) is 1.83. The number of thiazole rings is 1. The van der Waals surface area contributed by atoms with Gasteiger partial charge in [0.15, 0.2) is 0 Å². The van der Waals surface area contributed by atoms with Crippen LogP contribution in [0.3, 0.4) is 0 Å². The summed E-state index contributed by atoms with van der Waals surface area (Å²) in [7, 11) is 0. The Kier molecular flexibility index (Phi) is 5.95. The van der Waals surface area contributed by atoms with Crippen LogP contribution in [0.15, 0.2) is 5.51 Å². The van der Waals surface area contributed by atoms with Crippen LogP contribution in [-0.2, 0) is 6.54 Å². The summed E-state index contributed by atoms with van der Waals surface area (Å²) in [4.78, 5) is 5.46. The molecule has 92 valence electrons. The Hall–Kier alpha value is -0.450. The fourth-order valence-corrected chi connectivity index (χ4v) is 2.58. The normalized spacial score (nSPS) is 13.3. The molecule has 3 nitrogen and oxygen atoms in total. The summed E-state index contributed by atoms with van der Waals surface area (Å²) in [5, 5.41) is 13.2. The third-order valence-electron chi connectivity index (χ3n) is 3.08. The van der Waals surface area contributed by atoms with E-state index in [4.69, 9.17) is 0 Å². The molecule has 0 radical (unpaired) electrons. The van der Waals surface area contributed by atoms with Gasteiger partial charge >= 0.3 is 0 Å². The van der Waals surface area contributed by atoms with Gasteiger partial charge in [-0.3, -0.25) is 0 Å². The van der Waals surface area contributed by atoms with Gasteiger partial charge in [0.1, 0.15) is 0 Å². The largest absolute Gasteiger partial charge is 0.392 e. The van der Waals surface area contributed by atoms with Gasteiger partial charge in [0.2, 0.25) is 0 Å². The first-order chi connectivity index (χ1) is 7.69. The van der Waals surface area contributed by atoms with Crippen LogP contribution in [0.2, 0.25) is 0 Å². The third-order valence-corrected chi connectivity index (χ3v) is 4.01. The number of aromatic nitrogens is 1. The van der Waals surface area contributed by atoms with Crippen molar-refractivity contribution < 1.29 is 5.11 Å². The zero-order valence-electron chi connectivity index (χ0n) is 10.4. The van der Waals surface area contributed by atoms with Crippen LogP contribution in [0.1, 0.15) is 37.3 Å². The molecule has 0 aliphatic rings. The SMILES string of the molecule is CCC(CC)C(O)CNCc1scnc1C. The van der Waals surface area contributed by atoms with E-state index in [1.54, 1.807) is 11.3 Å². The number of nitrogens with one attached hydrogen (secondary N) is 1. The Morgan fingerprint density at radius 3 is 2.62 bits per heavy atom. The van der Waals surface area contributed by atoms with Crippen molar-refractivity contribution in [3.63, 3.8) is 0 Å². The van der Waals surface area contributed by atoms with Gasteiger partial charge < -0.3 is 10.4 Å². The average molecular weight is 242 g/mol. The lowest BCUT2D eigenvalue weighted by atomic mass is 9.96. The Morgan fingerprint density at radius 2 is 2.12 bits per heavy atom. The van der Waals surface area contributed by atoms with E-state index < -0.39 is 0 Å². The molecule has 0 amide bonds. The third kappa shape index (κ3) is 3.85. The number of aliphatic hydroxyl groups excluding tert-OH is 1. The molecule has 1 atom stereocenters. The topological polar surface area (TPSA) is 45.1 Å². The highest BCUT2D eigenvalue weighted by molar-refractivity contribution is 7.09. The van der Waals surface area contributed by atoms with E-state index in [1.165, 1.54) is 4.88 Å². The summed E-state index contributed by atoms with van der Waals surface area (Å²) in [6.07, 6.45) is 1.85. The first kappa shape index (κ1) is 13.6. The van der Waals surface area contributed by atoms with Crippen LogP contribution in [0.4, 0.5) is 0 Å². The van der Waals surface area contributed by atoms with Gasteiger partial charge in [-0.15, -0.1) is 11.3 Å². The van der Waals surface area contributed by atoms with Gasteiger partial charge in [-0.25, -0.2) is 4.98 Å². The molecule has 1 aromatic heterocycles. The lowest BCUT2D eigenvalue weighted by molar-refractivity contribution is 0.101. The van der Waals surface area contributed by atoms with Gasteiger partial charge in [-0.05, 0) is 12.8 Å². The van der Waals surface area contributed by atoms with Gasteiger partial charge in [-0.2, -0.15) is 0 Å². The lowest BCUT2D eigenvalue weighted by Crippen LogP contribution is -2.32. The Bertz CT molecular complexity index is 297. The molecule has 0 saturated carbocycles. The van der Waals surface area contributed by atoms with E-state index in [9.17, 15) is 5.11 Å². The van der Waals surface area contributed by atoms with E-state index >= 15 is 0 Å². The van der Waals surface area contributed by atoms with Crippen LogP contribution >= 0.6 is 11.3 Å². The first-order valence-corrected chi connectivity index (χ1v) is 6.84. The molecule has 1 heterocycles. The van der Waals surface area contributed by atoms with Crippen molar-refractivity contribution in [2.75, 3.05) is 6.54 Å². The first-order valence-electron chi connectivity index (χ1n) is 5.96. The summed E-state index contributed by atoms with van der Waals surface area (Å²) in [5.74, 6) is 0.412. The number of hydrogen-bond donors (Lipinski definition) is 2. The van der Waals surface area contributed by atoms with Crippen molar-refractivity contribution in [2.45, 2.75) is 46.3 Å². The van der Waals surface area contributed by atoms with E-state index in [1.807, 2.05) is 12.4 Å². The monoisotopic (exact) mass is 242 g/mol. The summed E-state index contributed by atoms with van der Waals surface area (Å²) in [6, 6.07) is 0. The van der Waals surface area contributed by atoms with E-state index in [0.717, 1.165) is 25.1 Å².